The average Bonchev–Trinajstić information content (AvgIpc) is 3.86. The molecule has 0 bridgehead atoms. The number of aromatic amines is 1. The standard InChI is InChI=1S/C58H71N3O7/c1-2-3-7-14-38-21-22-41(52(63)29-38)19-12-6-13-20-47(57(66)67)56(65)42-23-24-51-43(27-39-25-26-60-54(59)30-39)31-44(58(51,68)36-42)32-45-33-48(40-17-10-5-11-18-40)55(61-45)50-34-46(62)35-53(64)49(50)28-37-15-8-4-9-16-37/h4-5,8-11,15-18,21-26,30,33-35,38,41-44,47,51-52,56,61-65,68H,2-3,6-7,12-14,19-20,27-29,31-32,36H2,1H3,(H2,59,60)(H,66,67). The molecular weight excluding hydrogens is 851 g/mol. The minimum absolute atomic E-state index is 0.00685. The number of hydrogen-bond donors (Lipinski definition) is 8. The van der Waals surface area contributed by atoms with Crippen LogP contribution in [0.5, 0.6) is 11.5 Å². The van der Waals surface area contributed by atoms with Gasteiger partial charge < -0.3 is 41.4 Å². The van der Waals surface area contributed by atoms with Gasteiger partial charge in [-0.1, -0.05) is 130 Å². The molecule has 68 heavy (non-hydrogen) atoms. The van der Waals surface area contributed by atoms with Crippen LogP contribution in [-0.2, 0) is 24.1 Å². The molecule has 0 radical (unpaired) electrons. The van der Waals surface area contributed by atoms with E-state index in [0.717, 1.165) is 65.7 Å². The summed E-state index contributed by atoms with van der Waals surface area (Å²) in [6.07, 6.45) is 20.1. The van der Waals surface area contributed by atoms with Crippen molar-refractivity contribution < 1.29 is 35.4 Å². The summed E-state index contributed by atoms with van der Waals surface area (Å²) in [6, 6.07) is 28.9. The smallest absolute Gasteiger partial charge is 0.309 e. The number of pyridine rings is 1. The van der Waals surface area contributed by atoms with Crippen LogP contribution in [0.2, 0.25) is 0 Å². The number of unbranched alkanes of at least 4 members (excludes halogenated alkanes) is 4. The molecule has 1 fully saturated rings. The fourth-order valence-corrected chi connectivity index (χ4v) is 12.0. The van der Waals surface area contributed by atoms with E-state index in [1.807, 2.05) is 84.9 Å². The summed E-state index contributed by atoms with van der Waals surface area (Å²) in [5.41, 5.74) is 11.7. The number of benzene rings is 3. The summed E-state index contributed by atoms with van der Waals surface area (Å²) in [5.74, 6) is -2.16. The molecular formula is C58H71N3O7. The highest BCUT2D eigenvalue weighted by molar-refractivity contribution is 5.85. The molecule has 0 saturated heterocycles. The summed E-state index contributed by atoms with van der Waals surface area (Å²) in [7, 11) is 0. The van der Waals surface area contributed by atoms with E-state index < -0.39 is 29.5 Å². The van der Waals surface area contributed by atoms with Gasteiger partial charge in [-0.15, -0.1) is 0 Å². The molecule has 9 N–H and O–H groups in total. The van der Waals surface area contributed by atoms with Crippen LogP contribution >= 0.6 is 0 Å². The lowest BCUT2D eigenvalue weighted by molar-refractivity contribution is -0.148. The third kappa shape index (κ3) is 11.4. The Morgan fingerprint density at radius 1 is 0.838 bits per heavy atom. The normalized spacial score (nSPS) is 25.3. The average molecular weight is 922 g/mol. The van der Waals surface area contributed by atoms with Gasteiger partial charge in [-0.25, -0.2) is 4.98 Å². The molecule has 0 amide bonds. The second-order valence-electron chi connectivity index (χ2n) is 20.2. The third-order valence-electron chi connectivity index (χ3n) is 15.5. The Hall–Kier alpha value is -5.68. The van der Waals surface area contributed by atoms with E-state index in [1.54, 1.807) is 12.3 Å². The summed E-state index contributed by atoms with van der Waals surface area (Å²) in [6.45, 7) is 2.20. The highest BCUT2D eigenvalue weighted by Crippen LogP contribution is 2.54. The van der Waals surface area contributed by atoms with Crippen molar-refractivity contribution in [1.29, 1.82) is 0 Å². The zero-order valence-corrected chi connectivity index (χ0v) is 39.5. The number of hydrogen-bond acceptors (Lipinski definition) is 8. The van der Waals surface area contributed by atoms with Gasteiger partial charge in [0.2, 0.25) is 0 Å². The zero-order chi connectivity index (χ0) is 47.8. The van der Waals surface area contributed by atoms with Crippen LogP contribution in [0.3, 0.4) is 0 Å². The van der Waals surface area contributed by atoms with E-state index >= 15 is 0 Å². The van der Waals surface area contributed by atoms with E-state index in [9.17, 15) is 35.4 Å². The molecule has 2 heterocycles. The van der Waals surface area contributed by atoms with Crippen LogP contribution in [0.25, 0.3) is 22.4 Å². The molecule has 10 unspecified atom stereocenters. The molecule has 3 aliphatic carbocycles. The van der Waals surface area contributed by atoms with Gasteiger partial charge in [0, 0.05) is 58.8 Å². The minimum Gasteiger partial charge on any atom is -0.508 e. The monoisotopic (exact) mass is 922 g/mol. The largest absolute Gasteiger partial charge is 0.508 e. The highest BCUT2D eigenvalue weighted by atomic mass is 16.4. The number of aliphatic hydroxyl groups is 3. The predicted octanol–water partition coefficient (Wildman–Crippen LogP) is 10.8. The quantitative estimate of drug-likeness (QED) is 0.0261. The van der Waals surface area contributed by atoms with Crippen molar-refractivity contribution in [3.05, 3.63) is 144 Å². The first-order valence-corrected chi connectivity index (χ1v) is 25.1. The van der Waals surface area contributed by atoms with Crippen LogP contribution in [-0.4, -0.2) is 64.4 Å². The van der Waals surface area contributed by atoms with Gasteiger partial charge in [-0.05, 0) is 110 Å². The number of nitrogens with two attached hydrogens (primary N) is 1. The van der Waals surface area contributed by atoms with Crippen molar-refractivity contribution in [3.63, 3.8) is 0 Å². The van der Waals surface area contributed by atoms with Crippen LogP contribution in [0, 0.1) is 41.4 Å². The first-order chi connectivity index (χ1) is 32.9. The molecule has 360 valence electrons. The van der Waals surface area contributed by atoms with Crippen molar-refractivity contribution in [2.75, 3.05) is 5.73 Å². The Morgan fingerprint density at radius 2 is 1.60 bits per heavy atom. The number of phenols is 2. The molecule has 10 heteroatoms. The molecule has 10 atom stereocenters. The molecule has 3 aromatic carbocycles. The Kier molecular flexibility index (Phi) is 15.9. The van der Waals surface area contributed by atoms with E-state index in [1.165, 1.54) is 25.3 Å². The van der Waals surface area contributed by atoms with Crippen molar-refractivity contribution in [1.82, 2.24) is 9.97 Å². The summed E-state index contributed by atoms with van der Waals surface area (Å²) in [4.78, 5) is 20.8. The first kappa shape index (κ1) is 48.8. The van der Waals surface area contributed by atoms with Crippen LogP contribution in [0.1, 0.15) is 106 Å². The maximum absolute atomic E-state index is 13.2. The number of anilines is 1. The maximum atomic E-state index is 13.2. The van der Waals surface area contributed by atoms with Gasteiger partial charge in [0.1, 0.15) is 17.3 Å². The Labute approximate surface area is 401 Å². The van der Waals surface area contributed by atoms with Gasteiger partial charge in [0.15, 0.2) is 0 Å². The van der Waals surface area contributed by atoms with E-state index in [4.69, 9.17) is 5.73 Å². The number of aromatic nitrogens is 2. The predicted molar refractivity (Wildman–Crippen MR) is 269 cm³/mol. The number of H-pyrrole nitrogens is 1. The number of nitrogens with one attached hydrogen (secondary N) is 1. The van der Waals surface area contributed by atoms with Crippen LogP contribution in [0.15, 0.2) is 121 Å². The molecule has 8 rings (SSSR count). The highest BCUT2D eigenvalue weighted by Gasteiger charge is 2.56. The number of carboxylic acid groups (broad SMARTS) is 1. The number of aromatic hydroxyl groups is 2. The fourth-order valence-electron chi connectivity index (χ4n) is 12.0. The molecule has 1 saturated carbocycles. The molecule has 2 aromatic heterocycles. The molecule has 3 aliphatic rings. The van der Waals surface area contributed by atoms with Gasteiger partial charge in [-0.2, -0.15) is 0 Å². The number of carbonyl (C=O) groups is 1. The van der Waals surface area contributed by atoms with E-state index in [2.05, 4.69) is 35.1 Å². The van der Waals surface area contributed by atoms with Crippen LogP contribution in [0.4, 0.5) is 5.82 Å². The first-order valence-electron chi connectivity index (χ1n) is 25.1. The number of allylic oxidation sites excluding steroid dienone is 1. The van der Waals surface area contributed by atoms with Crippen molar-refractivity contribution in [2.24, 2.45) is 41.4 Å². The number of phenolic OH excluding ortho intramolecular Hbond substituents is 2. The Bertz CT molecular complexity index is 2500. The zero-order valence-electron chi connectivity index (χ0n) is 39.5. The number of nitrogens with zero attached hydrogens (tertiary/aromatic N) is 1. The SMILES string of the molecule is CCCCCC1C=CC(CCCCCC(C(=O)O)C(O)C2C=CC3C(Cc4ccnc(N)c4)CC(Cc4cc(-c5ccccc5)c(-c5cc(O)cc(O)c5Cc5ccccc5)[nH]4)C3(O)C2)C(O)C1. The lowest BCUT2D eigenvalue weighted by atomic mass is 9.68. The number of carboxylic acids is 1. The van der Waals surface area contributed by atoms with Crippen molar-refractivity contribution >= 4 is 11.8 Å². The summed E-state index contributed by atoms with van der Waals surface area (Å²) >= 11 is 0. The van der Waals surface area contributed by atoms with Crippen molar-refractivity contribution in [3.8, 4) is 33.9 Å². The molecule has 5 aromatic rings. The second kappa shape index (κ2) is 22.2. The van der Waals surface area contributed by atoms with E-state index in [-0.39, 0.29) is 47.7 Å². The van der Waals surface area contributed by atoms with E-state index in [0.29, 0.717) is 61.4 Å². The second-order valence-corrected chi connectivity index (χ2v) is 20.2. The Morgan fingerprint density at radius 3 is 2.34 bits per heavy atom. The molecule has 0 spiro atoms. The van der Waals surface area contributed by atoms with Crippen LogP contribution < -0.4 is 5.73 Å². The fraction of sp³-hybridized carbons (Fsp3) is 0.448. The lowest BCUT2D eigenvalue weighted by Crippen LogP contribution is -2.48. The molecule has 0 aliphatic heterocycles. The number of nitrogen functional groups attached to an aromatic ring is 1. The summed E-state index contributed by atoms with van der Waals surface area (Å²) < 4.78 is 0. The summed E-state index contributed by atoms with van der Waals surface area (Å²) in [5, 5.41) is 68.8. The van der Waals surface area contributed by atoms with Gasteiger partial charge in [0.25, 0.3) is 0 Å². The van der Waals surface area contributed by atoms with Gasteiger partial charge in [-0.3, -0.25) is 4.79 Å². The number of aliphatic hydroxyl groups excluding tert-OH is 2. The van der Waals surface area contributed by atoms with Gasteiger partial charge in [0.05, 0.1) is 29.4 Å². The van der Waals surface area contributed by atoms with Crippen molar-refractivity contribution in [2.45, 2.75) is 121 Å². The topological polar surface area (TPSA) is 193 Å². The maximum Gasteiger partial charge on any atom is 0.309 e. The number of rotatable bonds is 21. The Balaban J connectivity index is 1.02. The lowest BCUT2D eigenvalue weighted by Gasteiger charge is -2.42. The van der Waals surface area contributed by atoms with Gasteiger partial charge >= 0.3 is 5.97 Å². The number of fused-ring (bicyclic) bond motifs is 1. The number of aliphatic carboxylic acids is 1. The minimum atomic E-state index is -1.27. The molecule has 10 nitrogen and oxygen atoms in total. The third-order valence-corrected chi connectivity index (χ3v) is 15.5.